The van der Waals surface area contributed by atoms with E-state index in [0.29, 0.717) is 29.9 Å². The zero-order valence-corrected chi connectivity index (χ0v) is 16.1. The molecule has 0 spiro atoms. The average molecular weight is 361 g/mol. The maximum Gasteiger partial charge on any atom is 0.335 e. The zero-order valence-electron chi connectivity index (χ0n) is 16.1. The summed E-state index contributed by atoms with van der Waals surface area (Å²) in [4.78, 5) is 24.1. The normalized spacial score (nSPS) is 20.0. The van der Waals surface area contributed by atoms with Crippen LogP contribution in [0.3, 0.4) is 0 Å². The highest BCUT2D eigenvalue weighted by Crippen LogP contribution is 2.33. The molecule has 2 unspecified atom stereocenters. The number of anilines is 1. The summed E-state index contributed by atoms with van der Waals surface area (Å²) >= 11 is 0. The number of hydrogen-bond donors (Lipinski definition) is 2. The molecule has 1 saturated carbocycles. The molecule has 1 fully saturated rings. The van der Waals surface area contributed by atoms with Gasteiger partial charge in [0.15, 0.2) is 0 Å². The SMILES string of the molecule is CCC1CCCCC1C(=O)Nc1cc(OCCC(C)C)cc(C(=O)O)c1. The topological polar surface area (TPSA) is 75.6 Å². The van der Waals surface area contributed by atoms with Crippen LogP contribution in [0.5, 0.6) is 5.75 Å². The van der Waals surface area contributed by atoms with E-state index in [0.717, 1.165) is 32.1 Å². The van der Waals surface area contributed by atoms with Crippen molar-refractivity contribution < 1.29 is 19.4 Å². The van der Waals surface area contributed by atoms with E-state index in [2.05, 4.69) is 26.1 Å². The van der Waals surface area contributed by atoms with Gasteiger partial charge in [0.05, 0.1) is 12.2 Å². The minimum absolute atomic E-state index is 0.00698. The number of carboxylic acid groups (broad SMARTS) is 1. The highest BCUT2D eigenvalue weighted by atomic mass is 16.5. The largest absolute Gasteiger partial charge is 0.493 e. The minimum Gasteiger partial charge on any atom is -0.493 e. The molecule has 0 radical (unpaired) electrons. The molecule has 5 nitrogen and oxygen atoms in total. The summed E-state index contributed by atoms with van der Waals surface area (Å²) in [5.74, 6) is 0.373. The molecule has 26 heavy (non-hydrogen) atoms. The monoisotopic (exact) mass is 361 g/mol. The van der Waals surface area contributed by atoms with Crippen molar-refractivity contribution >= 4 is 17.6 Å². The van der Waals surface area contributed by atoms with Gasteiger partial charge in [0.2, 0.25) is 5.91 Å². The quantitative estimate of drug-likeness (QED) is 0.686. The Balaban J connectivity index is 2.12. The summed E-state index contributed by atoms with van der Waals surface area (Å²) in [5, 5.41) is 12.3. The molecule has 1 amide bonds. The van der Waals surface area contributed by atoms with Crippen molar-refractivity contribution in [2.75, 3.05) is 11.9 Å². The lowest BCUT2D eigenvalue weighted by atomic mass is 9.77. The van der Waals surface area contributed by atoms with Crippen molar-refractivity contribution in [3.8, 4) is 5.75 Å². The molecule has 5 heteroatoms. The Morgan fingerprint density at radius 1 is 1.23 bits per heavy atom. The summed E-state index contributed by atoms with van der Waals surface area (Å²) in [6.45, 7) is 6.87. The molecule has 0 saturated heterocycles. The molecule has 2 rings (SSSR count). The Morgan fingerprint density at radius 2 is 1.96 bits per heavy atom. The predicted octanol–water partition coefficient (Wildman–Crippen LogP) is 4.96. The van der Waals surface area contributed by atoms with Crippen LogP contribution in [0, 0.1) is 17.8 Å². The van der Waals surface area contributed by atoms with E-state index in [1.165, 1.54) is 18.6 Å². The average Bonchev–Trinajstić information content (AvgIpc) is 2.61. The number of benzene rings is 1. The Labute approximate surface area is 156 Å². The summed E-state index contributed by atoms with van der Waals surface area (Å²) in [7, 11) is 0. The van der Waals surface area contributed by atoms with E-state index in [4.69, 9.17) is 4.74 Å². The van der Waals surface area contributed by atoms with E-state index in [-0.39, 0.29) is 17.4 Å². The number of carbonyl (C=O) groups excluding carboxylic acids is 1. The Bertz CT molecular complexity index is 626. The summed E-state index contributed by atoms with van der Waals surface area (Å²) < 4.78 is 5.70. The van der Waals surface area contributed by atoms with Gasteiger partial charge in [-0.15, -0.1) is 0 Å². The summed E-state index contributed by atoms with van der Waals surface area (Å²) in [6, 6.07) is 4.72. The van der Waals surface area contributed by atoms with Crippen LogP contribution < -0.4 is 10.1 Å². The maximum atomic E-state index is 12.7. The number of hydrogen-bond acceptors (Lipinski definition) is 3. The standard InChI is InChI=1S/C21H31NO4/c1-4-15-7-5-6-8-19(15)20(23)22-17-11-16(21(24)25)12-18(13-17)26-10-9-14(2)3/h11-15,19H,4-10H2,1-3H3,(H,22,23)(H,24,25). The maximum absolute atomic E-state index is 12.7. The lowest BCUT2D eigenvalue weighted by molar-refractivity contribution is -0.122. The Morgan fingerprint density at radius 3 is 2.62 bits per heavy atom. The highest BCUT2D eigenvalue weighted by molar-refractivity contribution is 5.95. The second kappa shape index (κ2) is 9.60. The number of carbonyl (C=O) groups is 2. The second-order valence-electron chi connectivity index (χ2n) is 7.63. The van der Waals surface area contributed by atoms with Crippen LogP contribution >= 0.6 is 0 Å². The van der Waals surface area contributed by atoms with Crippen molar-refractivity contribution in [1.82, 2.24) is 0 Å². The van der Waals surface area contributed by atoms with E-state index < -0.39 is 5.97 Å². The van der Waals surface area contributed by atoms with Gasteiger partial charge in [-0.2, -0.15) is 0 Å². The zero-order chi connectivity index (χ0) is 19.1. The number of aromatic carboxylic acids is 1. The van der Waals surface area contributed by atoms with Gasteiger partial charge in [0, 0.05) is 17.7 Å². The molecule has 2 N–H and O–H groups in total. The molecular formula is C21H31NO4. The van der Waals surface area contributed by atoms with Gasteiger partial charge in [-0.3, -0.25) is 4.79 Å². The van der Waals surface area contributed by atoms with Gasteiger partial charge in [-0.05, 0) is 43.2 Å². The van der Waals surface area contributed by atoms with Crippen LogP contribution in [0.1, 0.15) is 69.7 Å². The molecule has 1 aromatic carbocycles. The first-order chi connectivity index (χ1) is 12.4. The van der Waals surface area contributed by atoms with Crippen LogP contribution in [-0.4, -0.2) is 23.6 Å². The first-order valence-electron chi connectivity index (χ1n) is 9.72. The van der Waals surface area contributed by atoms with E-state index in [1.807, 2.05) is 0 Å². The Hall–Kier alpha value is -2.04. The van der Waals surface area contributed by atoms with Gasteiger partial charge in [0.25, 0.3) is 0 Å². The first-order valence-corrected chi connectivity index (χ1v) is 9.72. The molecule has 0 heterocycles. The van der Waals surface area contributed by atoms with E-state index in [1.54, 1.807) is 6.07 Å². The van der Waals surface area contributed by atoms with Crippen LogP contribution in [0.25, 0.3) is 0 Å². The van der Waals surface area contributed by atoms with Crippen LogP contribution in [0.2, 0.25) is 0 Å². The molecule has 1 aliphatic carbocycles. The van der Waals surface area contributed by atoms with E-state index >= 15 is 0 Å². The lowest BCUT2D eigenvalue weighted by Gasteiger charge is -2.29. The number of rotatable bonds is 8. The number of amides is 1. The Kier molecular flexibility index (Phi) is 7.49. The van der Waals surface area contributed by atoms with E-state index in [9.17, 15) is 14.7 Å². The third-order valence-electron chi connectivity index (χ3n) is 5.16. The molecule has 1 aliphatic rings. The second-order valence-corrected chi connectivity index (χ2v) is 7.63. The third-order valence-corrected chi connectivity index (χ3v) is 5.16. The van der Waals surface area contributed by atoms with Gasteiger partial charge in [-0.25, -0.2) is 4.79 Å². The molecule has 0 aliphatic heterocycles. The first kappa shape index (κ1) is 20.3. The third kappa shape index (κ3) is 5.75. The molecule has 2 atom stereocenters. The van der Waals surface area contributed by atoms with Gasteiger partial charge >= 0.3 is 5.97 Å². The smallest absolute Gasteiger partial charge is 0.335 e. The molecule has 1 aromatic rings. The lowest BCUT2D eigenvalue weighted by Crippen LogP contribution is -2.31. The molecular weight excluding hydrogens is 330 g/mol. The van der Waals surface area contributed by atoms with Crippen LogP contribution in [-0.2, 0) is 4.79 Å². The van der Waals surface area contributed by atoms with Gasteiger partial charge in [-0.1, -0.05) is 40.0 Å². The minimum atomic E-state index is -1.03. The van der Waals surface area contributed by atoms with Crippen molar-refractivity contribution in [1.29, 1.82) is 0 Å². The van der Waals surface area contributed by atoms with Crippen LogP contribution in [0.15, 0.2) is 18.2 Å². The number of carboxylic acids is 1. The molecule has 0 bridgehead atoms. The molecule has 0 aromatic heterocycles. The summed E-state index contributed by atoms with van der Waals surface area (Å²) in [5.41, 5.74) is 0.618. The van der Waals surface area contributed by atoms with Crippen molar-refractivity contribution in [3.63, 3.8) is 0 Å². The van der Waals surface area contributed by atoms with Crippen molar-refractivity contribution in [3.05, 3.63) is 23.8 Å². The predicted molar refractivity (Wildman–Crippen MR) is 103 cm³/mol. The highest BCUT2D eigenvalue weighted by Gasteiger charge is 2.29. The van der Waals surface area contributed by atoms with Crippen molar-refractivity contribution in [2.45, 2.75) is 59.3 Å². The van der Waals surface area contributed by atoms with Crippen LogP contribution in [0.4, 0.5) is 5.69 Å². The summed E-state index contributed by atoms with van der Waals surface area (Å²) in [6.07, 6.45) is 6.14. The van der Waals surface area contributed by atoms with Crippen molar-refractivity contribution in [2.24, 2.45) is 17.8 Å². The number of ether oxygens (including phenoxy) is 1. The fraction of sp³-hybridized carbons (Fsp3) is 0.619. The fourth-order valence-electron chi connectivity index (χ4n) is 3.57. The number of nitrogens with one attached hydrogen (secondary N) is 1. The van der Waals surface area contributed by atoms with Gasteiger partial charge < -0.3 is 15.2 Å². The molecule has 144 valence electrons. The van der Waals surface area contributed by atoms with Gasteiger partial charge in [0.1, 0.15) is 5.75 Å². The fourth-order valence-corrected chi connectivity index (χ4v) is 3.57.